The second-order valence-corrected chi connectivity index (χ2v) is 6.01. The van der Waals surface area contributed by atoms with Gasteiger partial charge in [-0.25, -0.2) is 0 Å². The number of alkyl halides is 1. The van der Waals surface area contributed by atoms with Crippen LogP contribution in [-0.2, 0) is 17.6 Å². The monoisotopic (exact) mass is 295 g/mol. The molecule has 1 saturated heterocycles. The number of fused-ring (bicyclic) bond motifs is 1. The first-order chi connectivity index (χ1) is 9.81. The van der Waals surface area contributed by atoms with Crippen molar-refractivity contribution in [1.82, 2.24) is 5.32 Å². The topological polar surface area (TPSA) is 30.5 Å². The zero-order chi connectivity index (χ0) is 13.8. The number of hydrogen-bond donors (Lipinski definition) is 1. The highest BCUT2D eigenvalue weighted by Gasteiger charge is 2.30. The Morgan fingerprint density at radius 2 is 2.05 bits per heavy atom. The maximum absolute atomic E-state index is 6.16. The van der Waals surface area contributed by atoms with Crippen LogP contribution in [-0.4, -0.2) is 37.8 Å². The SMILES string of the molecule is ClCC1(NCCc2ccc3c(c2)CCO3)CCOCC1. The molecule has 1 aromatic rings. The van der Waals surface area contributed by atoms with E-state index in [1.165, 1.54) is 11.1 Å². The van der Waals surface area contributed by atoms with E-state index in [1.54, 1.807) is 0 Å². The molecule has 0 aromatic heterocycles. The fraction of sp³-hybridized carbons (Fsp3) is 0.625. The molecule has 1 aromatic carbocycles. The Labute approximate surface area is 125 Å². The van der Waals surface area contributed by atoms with Gasteiger partial charge in [0.25, 0.3) is 0 Å². The second kappa shape index (κ2) is 6.33. The van der Waals surface area contributed by atoms with Crippen LogP contribution < -0.4 is 10.1 Å². The van der Waals surface area contributed by atoms with E-state index in [0.29, 0.717) is 5.88 Å². The molecule has 0 amide bonds. The Balaban J connectivity index is 1.54. The minimum Gasteiger partial charge on any atom is -0.493 e. The van der Waals surface area contributed by atoms with Crippen LogP contribution in [0.2, 0.25) is 0 Å². The van der Waals surface area contributed by atoms with Gasteiger partial charge in [-0.2, -0.15) is 0 Å². The fourth-order valence-corrected chi connectivity index (χ4v) is 3.35. The molecule has 1 fully saturated rings. The quantitative estimate of drug-likeness (QED) is 0.847. The summed E-state index contributed by atoms with van der Waals surface area (Å²) < 4.78 is 11.0. The van der Waals surface area contributed by atoms with Crippen LogP contribution in [0, 0.1) is 0 Å². The molecule has 0 atom stereocenters. The predicted octanol–water partition coefficient (Wildman–Crippen LogP) is 2.54. The molecule has 0 unspecified atom stereocenters. The van der Waals surface area contributed by atoms with E-state index >= 15 is 0 Å². The third-order valence-electron chi connectivity index (χ3n) is 4.37. The number of ether oxygens (including phenoxy) is 2. The van der Waals surface area contributed by atoms with E-state index in [1.807, 2.05) is 0 Å². The van der Waals surface area contributed by atoms with Crippen molar-refractivity contribution in [1.29, 1.82) is 0 Å². The molecule has 0 radical (unpaired) electrons. The van der Waals surface area contributed by atoms with Gasteiger partial charge in [-0.3, -0.25) is 0 Å². The molecule has 3 nitrogen and oxygen atoms in total. The summed E-state index contributed by atoms with van der Waals surface area (Å²) in [4.78, 5) is 0. The van der Waals surface area contributed by atoms with Crippen molar-refractivity contribution >= 4 is 11.6 Å². The summed E-state index contributed by atoms with van der Waals surface area (Å²) in [5.41, 5.74) is 2.79. The summed E-state index contributed by atoms with van der Waals surface area (Å²) in [5.74, 6) is 1.72. The highest BCUT2D eigenvalue weighted by molar-refractivity contribution is 6.18. The van der Waals surface area contributed by atoms with Gasteiger partial charge in [0.05, 0.1) is 6.61 Å². The van der Waals surface area contributed by atoms with Crippen LogP contribution in [0.3, 0.4) is 0 Å². The summed E-state index contributed by atoms with van der Waals surface area (Å²) in [5, 5.41) is 3.66. The number of halogens is 1. The van der Waals surface area contributed by atoms with E-state index in [9.17, 15) is 0 Å². The Kier molecular flexibility index (Phi) is 4.49. The first kappa shape index (κ1) is 14.2. The Morgan fingerprint density at radius 1 is 1.20 bits per heavy atom. The molecule has 2 aliphatic heterocycles. The number of nitrogens with one attached hydrogen (secondary N) is 1. The van der Waals surface area contributed by atoms with Gasteiger partial charge in [-0.15, -0.1) is 11.6 Å². The van der Waals surface area contributed by atoms with E-state index in [0.717, 1.165) is 57.8 Å². The lowest BCUT2D eigenvalue weighted by molar-refractivity contribution is 0.0469. The first-order valence-corrected chi connectivity index (χ1v) is 7.98. The standard InChI is InChI=1S/C16H22ClNO2/c17-12-16(5-9-19-10-6-16)18-7-3-13-1-2-15-14(11-13)4-8-20-15/h1-2,11,18H,3-10,12H2. The summed E-state index contributed by atoms with van der Waals surface area (Å²) in [6.07, 6.45) is 4.09. The molecular weight excluding hydrogens is 274 g/mol. The molecule has 0 aliphatic carbocycles. The van der Waals surface area contributed by atoms with Gasteiger partial charge >= 0.3 is 0 Å². The molecule has 20 heavy (non-hydrogen) atoms. The van der Waals surface area contributed by atoms with Crippen molar-refractivity contribution in [3.8, 4) is 5.75 Å². The summed E-state index contributed by atoms with van der Waals surface area (Å²) in [6, 6.07) is 6.55. The van der Waals surface area contributed by atoms with Gasteiger partial charge in [0, 0.05) is 31.1 Å². The molecule has 0 spiro atoms. The zero-order valence-electron chi connectivity index (χ0n) is 11.8. The third kappa shape index (κ3) is 3.11. The Morgan fingerprint density at radius 3 is 2.85 bits per heavy atom. The maximum Gasteiger partial charge on any atom is 0.122 e. The lowest BCUT2D eigenvalue weighted by Crippen LogP contribution is -2.51. The fourth-order valence-electron chi connectivity index (χ4n) is 2.99. The molecule has 2 heterocycles. The van der Waals surface area contributed by atoms with Crippen LogP contribution in [0.15, 0.2) is 18.2 Å². The van der Waals surface area contributed by atoms with Gasteiger partial charge in [0.15, 0.2) is 0 Å². The number of benzene rings is 1. The lowest BCUT2D eigenvalue weighted by atomic mass is 9.92. The first-order valence-electron chi connectivity index (χ1n) is 7.45. The van der Waals surface area contributed by atoms with Crippen LogP contribution in [0.25, 0.3) is 0 Å². The van der Waals surface area contributed by atoms with Crippen LogP contribution >= 0.6 is 11.6 Å². The van der Waals surface area contributed by atoms with Gasteiger partial charge in [-0.1, -0.05) is 12.1 Å². The predicted molar refractivity (Wildman–Crippen MR) is 80.9 cm³/mol. The van der Waals surface area contributed by atoms with Gasteiger partial charge in [0.1, 0.15) is 5.75 Å². The van der Waals surface area contributed by atoms with Crippen molar-refractivity contribution in [3.05, 3.63) is 29.3 Å². The third-order valence-corrected chi connectivity index (χ3v) is 4.88. The Bertz CT molecular complexity index is 458. The Hall–Kier alpha value is -0.770. The minimum absolute atomic E-state index is 0.0691. The van der Waals surface area contributed by atoms with Crippen molar-refractivity contribution < 1.29 is 9.47 Å². The van der Waals surface area contributed by atoms with Crippen molar-refractivity contribution in [2.75, 3.05) is 32.2 Å². The summed E-state index contributed by atoms with van der Waals surface area (Å²) in [7, 11) is 0. The summed E-state index contributed by atoms with van der Waals surface area (Å²) >= 11 is 6.16. The minimum atomic E-state index is 0.0691. The normalized spacial score (nSPS) is 20.4. The molecule has 3 rings (SSSR count). The molecule has 0 saturated carbocycles. The van der Waals surface area contributed by atoms with Gasteiger partial charge in [0.2, 0.25) is 0 Å². The van der Waals surface area contributed by atoms with Gasteiger partial charge < -0.3 is 14.8 Å². The maximum atomic E-state index is 6.16. The molecule has 0 bridgehead atoms. The summed E-state index contributed by atoms with van der Waals surface area (Å²) in [6.45, 7) is 3.42. The van der Waals surface area contributed by atoms with Crippen LogP contribution in [0.5, 0.6) is 5.75 Å². The largest absolute Gasteiger partial charge is 0.493 e. The number of rotatable bonds is 5. The highest BCUT2D eigenvalue weighted by Crippen LogP contribution is 2.26. The van der Waals surface area contributed by atoms with Crippen molar-refractivity contribution in [3.63, 3.8) is 0 Å². The molecule has 2 aliphatic rings. The van der Waals surface area contributed by atoms with E-state index in [-0.39, 0.29) is 5.54 Å². The average Bonchev–Trinajstić information content (AvgIpc) is 2.96. The smallest absolute Gasteiger partial charge is 0.122 e. The van der Waals surface area contributed by atoms with E-state index < -0.39 is 0 Å². The van der Waals surface area contributed by atoms with Crippen LogP contribution in [0.4, 0.5) is 0 Å². The van der Waals surface area contributed by atoms with E-state index in [2.05, 4.69) is 23.5 Å². The van der Waals surface area contributed by atoms with Crippen molar-refractivity contribution in [2.45, 2.75) is 31.2 Å². The van der Waals surface area contributed by atoms with Crippen LogP contribution in [0.1, 0.15) is 24.0 Å². The van der Waals surface area contributed by atoms with E-state index in [4.69, 9.17) is 21.1 Å². The number of hydrogen-bond acceptors (Lipinski definition) is 3. The van der Waals surface area contributed by atoms with Crippen molar-refractivity contribution in [2.24, 2.45) is 0 Å². The van der Waals surface area contributed by atoms with Gasteiger partial charge in [-0.05, 0) is 43.0 Å². The lowest BCUT2D eigenvalue weighted by Gasteiger charge is -2.36. The second-order valence-electron chi connectivity index (χ2n) is 5.74. The molecule has 4 heteroatoms. The molecular formula is C16H22ClNO2. The zero-order valence-corrected chi connectivity index (χ0v) is 12.5. The average molecular weight is 296 g/mol. The molecule has 1 N–H and O–H groups in total. The highest BCUT2D eigenvalue weighted by atomic mass is 35.5. The molecule has 110 valence electrons.